The van der Waals surface area contributed by atoms with Crippen LogP contribution < -0.4 is 16.0 Å². The zero-order valence-corrected chi connectivity index (χ0v) is 19.3. The van der Waals surface area contributed by atoms with Crippen LogP contribution >= 0.6 is 0 Å². The molecular formula is C23H27FN6O5. The molecule has 0 spiro atoms. The predicted molar refractivity (Wildman–Crippen MR) is 125 cm³/mol. The van der Waals surface area contributed by atoms with Gasteiger partial charge in [-0.15, -0.1) is 0 Å². The minimum absolute atomic E-state index is 0.205. The first-order valence-corrected chi connectivity index (χ1v) is 11.1. The van der Waals surface area contributed by atoms with Crippen LogP contribution in [0.1, 0.15) is 38.3 Å². The summed E-state index contributed by atoms with van der Waals surface area (Å²) >= 11 is 0. The van der Waals surface area contributed by atoms with Gasteiger partial charge < -0.3 is 19.9 Å². The second kappa shape index (κ2) is 10.2. The number of pyridine rings is 1. The van der Waals surface area contributed by atoms with Crippen LogP contribution in [0, 0.1) is 5.82 Å². The lowest BCUT2D eigenvalue weighted by molar-refractivity contribution is 0.00590. The number of amides is 3. The second-order valence-electron chi connectivity index (χ2n) is 8.77. The van der Waals surface area contributed by atoms with Crippen LogP contribution in [0.3, 0.4) is 0 Å². The first-order valence-electron chi connectivity index (χ1n) is 11.1. The van der Waals surface area contributed by atoms with E-state index in [1.54, 1.807) is 6.07 Å². The number of carbonyl (C=O) groups is 2. The third kappa shape index (κ3) is 6.22. The lowest BCUT2D eigenvalue weighted by Gasteiger charge is -2.30. The summed E-state index contributed by atoms with van der Waals surface area (Å²) in [5.41, 5.74) is -0.265. The number of urea groups is 1. The Morgan fingerprint density at radius 2 is 1.94 bits per heavy atom. The number of anilines is 2. The number of ether oxygens (including phenoxy) is 2. The predicted octanol–water partition coefficient (Wildman–Crippen LogP) is 3.46. The topological polar surface area (TPSA) is 150 Å². The Morgan fingerprint density at radius 3 is 2.63 bits per heavy atom. The molecule has 0 saturated carbocycles. The summed E-state index contributed by atoms with van der Waals surface area (Å²) in [6, 6.07) is 5.62. The molecule has 1 atom stereocenters. The van der Waals surface area contributed by atoms with Gasteiger partial charge in [0.1, 0.15) is 17.7 Å². The molecule has 3 aromatic rings. The standard InChI is InChI=1S/C23H27FN6O5/c1-23(2,33)19(13-3-5-14(24)6-4-13)27-21(31)26-18-11-17-16(12-25-18)20(30-29-17)28-22(32)35-15-7-9-34-10-8-15/h3-6,11-12,15,19,33H,7-10H2,1-2H3,(H2,25,26,27,31)(H2,28,29,30,32)/t19-/m0/s1. The fraction of sp³-hybridized carbons (Fsp3) is 0.391. The van der Waals surface area contributed by atoms with Crippen LogP contribution in [-0.4, -0.2) is 57.3 Å². The minimum atomic E-state index is -1.32. The van der Waals surface area contributed by atoms with Gasteiger partial charge in [0.15, 0.2) is 5.82 Å². The number of H-pyrrole nitrogens is 1. The van der Waals surface area contributed by atoms with Gasteiger partial charge in [0, 0.05) is 25.1 Å². The number of rotatable bonds is 6. The molecule has 3 amide bonds. The third-order valence-electron chi connectivity index (χ3n) is 5.54. The van der Waals surface area contributed by atoms with Gasteiger partial charge >= 0.3 is 12.1 Å². The number of halogens is 1. The fourth-order valence-corrected chi connectivity index (χ4v) is 3.75. The molecule has 12 heteroatoms. The van der Waals surface area contributed by atoms with E-state index in [1.165, 1.54) is 44.3 Å². The average molecular weight is 487 g/mol. The van der Waals surface area contributed by atoms with Crippen LogP contribution in [0.4, 0.5) is 25.6 Å². The van der Waals surface area contributed by atoms with Gasteiger partial charge in [0.2, 0.25) is 0 Å². The summed E-state index contributed by atoms with van der Waals surface area (Å²) in [6.07, 6.45) is 1.91. The Morgan fingerprint density at radius 1 is 1.23 bits per heavy atom. The summed E-state index contributed by atoms with van der Waals surface area (Å²) in [5.74, 6) is 0.0398. The van der Waals surface area contributed by atoms with Crippen LogP contribution in [0.2, 0.25) is 0 Å². The van der Waals surface area contributed by atoms with Gasteiger partial charge in [0.25, 0.3) is 0 Å². The lowest BCUT2D eigenvalue weighted by Crippen LogP contribution is -2.44. The molecular weight excluding hydrogens is 459 g/mol. The SMILES string of the molecule is CC(C)(O)[C@@H](NC(=O)Nc1cc2[nH]nc(NC(=O)OC3CCOCC3)c2cn1)c1ccc(F)cc1. The van der Waals surface area contributed by atoms with E-state index in [0.29, 0.717) is 42.5 Å². The molecule has 1 saturated heterocycles. The van der Waals surface area contributed by atoms with Crippen molar-refractivity contribution < 1.29 is 28.6 Å². The van der Waals surface area contributed by atoms with Crippen molar-refractivity contribution in [2.24, 2.45) is 0 Å². The zero-order valence-electron chi connectivity index (χ0n) is 19.3. The number of carbonyl (C=O) groups excluding carboxylic acids is 2. The zero-order chi connectivity index (χ0) is 25.0. The molecule has 2 aromatic heterocycles. The number of hydrogen-bond acceptors (Lipinski definition) is 7. The van der Waals surface area contributed by atoms with Crippen molar-refractivity contribution in [1.29, 1.82) is 0 Å². The van der Waals surface area contributed by atoms with Crippen molar-refractivity contribution in [3.05, 3.63) is 47.9 Å². The van der Waals surface area contributed by atoms with E-state index in [9.17, 15) is 19.1 Å². The van der Waals surface area contributed by atoms with E-state index >= 15 is 0 Å². The number of benzene rings is 1. The molecule has 4 rings (SSSR count). The van der Waals surface area contributed by atoms with Crippen LogP contribution in [-0.2, 0) is 9.47 Å². The molecule has 3 heterocycles. The molecule has 5 N–H and O–H groups in total. The van der Waals surface area contributed by atoms with Gasteiger partial charge in [-0.3, -0.25) is 15.7 Å². The highest BCUT2D eigenvalue weighted by Crippen LogP contribution is 2.26. The van der Waals surface area contributed by atoms with Gasteiger partial charge in [-0.2, -0.15) is 5.10 Å². The number of hydrogen-bond donors (Lipinski definition) is 5. The van der Waals surface area contributed by atoms with Crippen molar-refractivity contribution in [3.8, 4) is 0 Å². The maximum atomic E-state index is 13.3. The quantitative estimate of drug-likeness (QED) is 0.358. The summed E-state index contributed by atoms with van der Waals surface area (Å²) < 4.78 is 23.9. The fourth-order valence-electron chi connectivity index (χ4n) is 3.75. The molecule has 1 fully saturated rings. The van der Waals surface area contributed by atoms with E-state index in [-0.39, 0.29) is 17.7 Å². The highest BCUT2D eigenvalue weighted by Gasteiger charge is 2.30. The van der Waals surface area contributed by atoms with Crippen LogP contribution in [0.15, 0.2) is 36.5 Å². The van der Waals surface area contributed by atoms with Gasteiger partial charge in [0.05, 0.1) is 35.8 Å². The molecule has 0 bridgehead atoms. The number of aliphatic hydroxyl groups is 1. The molecule has 1 aliphatic heterocycles. The normalized spacial score (nSPS) is 15.4. The molecule has 0 radical (unpaired) electrons. The van der Waals surface area contributed by atoms with E-state index in [0.717, 1.165) is 0 Å². The number of fused-ring (bicyclic) bond motifs is 1. The van der Waals surface area contributed by atoms with Crippen LogP contribution in [0.25, 0.3) is 10.9 Å². The minimum Gasteiger partial charge on any atom is -0.446 e. The summed E-state index contributed by atoms with van der Waals surface area (Å²) in [7, 11) is 0. The van der Waals surface area contributed by atoms with Crippen LogP contribution in [0.5, 0.6) is 0 Å². The Hall–Kier alpha value is -3.77. The second-order valence-corrected chi connectivity index (χ2v) is 8.77. The maximum absolute atomic E-state index is 13.3. The highest BCUT2D eigenvalue weighted by molar-refractivity contribution is 5.98. The molecule has 1 aromatic carbocycles. The number of nitrogens with one attached hydrogen (secondary N) is 4. The Kier molecular flexibility index (Phi) is 7.12. The molecule has 186 valence electrons. The molecule has 0 aliphatic carbocycles. The summed E-state index contributed by atoms with van der Waals surface area (Å²) in [4.78, 5) is 29.0. The lowest BCUT2D eigenvalue weighted by atomic mass is 9.92. The van der Waals surface area contributed by atoms with Gasteiger partial charge in [-0.25, -0.2) is 19.0 Å². The Bertz CT molecular complexity index is 1190. The maximum Gasteiger partial charge on any atom is 0.413 e. The van der Waals surface area contributed by atoms with E-state index in [2.05, 4.69) is 31.1 Å². The number of nitrogens with zero attached hydrogens (tertiary/aromatic N) is 2. The Balaban J connectivity index is 1.40. The number of aromatic amines is 1. The van der Waals surface area contributed by atoms with Crippen molar-refractivity contribution >= 4 is 34.7 Å². The number of aromatic nitrogens is 3. The van der Waals surface area contributed by atoms with E-state index < -0.39 is 29.6 Å². The van der Waals surface area contributed by atoms with E-state index in [4.69, 9.17) is 9.47 Å². The summed E-state index contributed by atoms with van der Waals surface area (Å²) in [5, 5.41) is 25.8. The smallest absolute Gasteiger partial charge is 0.413 e. The largest absolute Gasteiger partial charge is 0.446 e. The molecule has 0 unspecified atom stereocenters. The van der Waals surface area contributed by atoms with Gasteiger partial charge in [-0.05, 0) is 31.5 Å². The average Bonchev–Trinajstić information content (AvgIpc) is 3.20. The molecule has 11 nitrogen and oxygen atoms in total. The Labute approximate surface area is 200 Å². The summed E-state index contributed by atoms with van der Waals surface area (Å²) in [6.45, 7) is 4.18. The van der Waals surface area contributed by atoms with Crippen molar-refractivity contribution in [2.75, 3.05) is 23.8 Å². The first kappa shape index (κ1) is 24.4. The van der Waals surface area contributed by atoms with Gasteiger partial charge in [-0.1, -0.05) is 12.1 Å². The van der Waals surface area contributed by atoms with Crippen molar-refractivity contribution in [1.82, 2.24) is 20.5 Å². The molecule has 1 aliphatic rings. The van der Waals surface area contributed by atoms with Crippen molar-refractivity contribution in [2.45, 2.75) is 44.4 Å². The third-order valence-corrected chi connectivity index (χ3v) is 5.54. The monoisotopic (exact) mass is 486 g/mol. The highest BCUT2D eigenvalue weighted by atomic mass is 19.1. The first-order chi connectivity index (χ1) is 16.7. The van der Waals surface area contributed by atoms with Crippen molar-refractivity contribution in [3.63, 3.8) is 0 Å². The van der Waals surface area contributed by atoms with E-state index in [1.807, 2.05) is 0 Å². The molecule has 35 heavy (non-hydrogen) atoms.